The van der Waals surface area contributed by atoms with Crippen LogP contribution in [-0.2, 0) is 16.4 Å². The molecule has 1 atom stereocenters. The van der Waals surface area contributed by atoms with Crippen molar-refractivity contribution >= 4 is 40.0 Å². The highest BCUT2D eigenvalue weighted by atomic mass is 127. The first-order valence-electron chi connectivity index (χ1n) is 7.61. The van der Waals surface area contributed by atoms with Crippen molar-refractivity contribution in [2.75, 3.05) is 32.9 Å². The average molecular weight is 468 g/mol. The third kappa shape index (κ3) is 7.22. The summed E-state index contributed by atoms with van der Waals surface area (Å²) in [5.74, 6) is 1.64. The first-order valence-corrected chi connectivity index (χ1v) is 9.51. The molecule has 1 aliphatic rings. The number of sulfonamides is 1. The van der Waals surface area contributed by atoms with Gasteiger partial charge in [-0.15, -0.1) is 24.0 Å². The van der Waals surface area contributed by atoms with Gasteiger partial charge in [-0.05, 0) is 18.1 Å². The lowest BCUT2D eigenvalue weighted by atomic mass is 10.1. The number of hydrogen-bond donors (Lipinski definition) is 3. The molecule has 0 saturated heterocycles. The first kappa shape index (κ1) is 21.0. The second-order valence-corrected chi connectivity index (χ2v) is 7.28. The molecule has 24 heavy (non-hydrogen) atoms. The Morgan fingerprint density at radius 2 is 2.04 bits per heavy atom. The number of hydrogen-bond acceptors (Lipinski definition) is 4. The predicted octanol–water partition coefficient (Wildman–Crippen LogP) is 0.712. The molecule has 0 bridgehead atoms. The summed E-state index contributed by atoms with van der Waals surface area (Å²) in [6.07, 6.45) is 2.82. The van der Waals surface area contributed by atoms with Crippen LogP contribution in [0.25, 0.3) is 0 Å². The van der Waals surface area contributed by atoms with Crippen LogP contribution in [0.5, 0.6) is 5.75 Å². The maximum atomic E-state index is 10.9. The number of aliphatic imine (C=N–C) groups is 1. The summed E-state index contributed by atoms with van der Waals surface area (Å²) in [6, 6.07) is 8.05. The first-order chi connectivity index (χ1) is 11.0. The SMILES string of the molecule is CN=C(NCCCNS(C)(=O)=O)NCC1Cc2ccccc2O1.I. The maximum absolute atomic E-state index is 10.9. The summed E-state index contributed by atoms with van der Waals surface area (Å²) in [5.41, 5.74) is 1.23. The van der Waals surface area contributed by atoms with Crippen molar-refractivity contribution in [2.45, 2.75) is 18.9 Å². The van der Waals surface area contributed by atoms with Crippen molar-refractivity contribution in [1.29, 1.82) is 0 Å². The average Bonchev–Trinajstić information content (AvgIpc) is 2.91. The van der Waals surface area contributed by atoms with Crippen LogP contribution in [0.15, 0.2) is 29.3 Å². The van der Waals surface area contributed by atoms with Gasteiger partial charge in [0.15, 0.2) is 5.96 Å². The fraction of sp³-hybridized carbons (Fsp3) is 0.533. The minimum atomic E-state index is -3.12. The van der Waals surface area contributed by atoms with Gasteiger partial charge in [0.2, 0.25) is 10.0 Å². The van der Waals surface area contributed by atoms with Gasteiger partial charge in [0.1, 0.15) is 11.9 Å². The summed E-state index contributed by atoms with van der Waals surface area (Å²) in [6.45, 7) is 1.70. The van der Waals surface area contributed by atoms with Crippen molar-refractivity contribution in [3.05, 3.63) is 29.8 Å². The molecular weight excluding hydrogens is 443 g/mol. The Morgan fingerprint density at radius 3 is 2.71 bits per heavy atom. The van der Waals surface area contributed by atoms with Crippen LogP contribution >= 0.6 is 24.0 Å². The Hall–Kier alpha value is -1.07. The van der Waals surface area contributed by atoms with E-state index in [1.165, 1.54) is 5.56 Å². The van der Waals surface area contributed by atoms with Crippen LogP contribution in [0.4, 0.5) is 0 Å². The molecule has 1 unspecified atom stereocenters. The number of para-hydroxylation sites is 1. The quantitative estimate of drug-likeness (QED) is 0.237. The monoisotopic (exact) mass is 468 g/mol. The molecule has 1 aromatic rings. The molecule has 0 aliphatic carbocycles. The molecule has 0 radical (unpaired) electrons. The molecule has 2 rings (SSSR count). The van der Waals surface area contributed by atoms with E-state index >= 15 is 0 Å². The van der Waals surface area contributed by atoms with Gasteiger partial charge in [-0.25, -0.2) is 13.1 Å². The molecule has 0 spiro atoms. The summed E-state index contributed by atoms with van der Waals surface area (Å²) in [5, 5.41) is 6.38. The molecular formula is C15H25IN4O3S. The lowest BCUT2D eigenvalue weighted by Gasteiger charge is -2.15. The summed E-state index contributed by atoms with van der Waals surface area (Å²) < 4.78 is 30.2. The minimum Gasteiger partial charge on any atom is -0.488 e. The van der Waals surface area contributed by atoms with E-state index in [0.29, 0.717) is 32.0 Å². The van der Waals surface area contributed by atoms with Crippen LogP contribution in [0.3, 0.4) is 0 Å². The Kier molecular flexibility index (Phi) is 8.78. The number of benzene rings is 1. The zero-order valence-corrected chi connectivity index (χ0v) is 17.1. The number of fused-ring (bicyclic) bond motifs is 1. The molecule has 0 aromatic heterocycles. The molecule has 3 N–H and O–H groups in total. The number of rotatable bonds is 7. The van der Waals surface area contributed by atoms with E-state index in [1.807, 2.05) is 18.2 Å². The highest BCUT2D eigenvalue weighted by molar-refractivity contribution is 14.0. The fourth-order valence-corrected chi connectivity index (χ4v) is 2.87. The third-order valence-electron chi connectivity index (χ3n) is 3.44. The normalized spacial score (nSPS) is 16.8. The molecule has 0 amide bonds. The third-order valence-corrected chi connectivity index (χ3v) is 4.17. The van der Waals surface area contributed by atoms with E-state index in [1.54, 1.807) is 7.05 Å². The number of nitrogens with one attached hydrogen (secondary N) is 3. The molecule has 1 heterocycles. The summed E-state index contributed by atoms with van der Waals surface area (Å²) >= 11 is 0. The van der Waals surface area contributed by atoms with Gasteiger partial charge in [-0.2, -0.15) is 0 Å². The van der Waals surface area contributed by atoms with E-state index in [4.69, 9.17) is 4.74 Å². The van der Waals surface area contributed by atoms with E-state index in [9.17, 15) is 8.42 Å². The van der Waals surface area contributed by atoms with Crippen LogP contribution in [0.1, 0.15) is 12.0 Å². The zero-order chi connectivity index (χ0) is 16.7. The fourth-order valence-electron chi connectivity index (χ4n) is 2.35. The van der Waals surface area contributed by atoms with Crippen molar-refractivity contribution < 1.29 is 13.2 Å². The Labute approximate surface area is 160 Å². The van der Waals surface area contributed by atoms with E-state index in [2.05, 4.69) is 26.4 Å². The number of nitrogens with zero attached hydrogens (tertiary/aromatic N) is 1. The van der Waals surface area contributed by atoms with Gasteiger partial charge in [0.05, 0.1) is 12.8 Å². The highest BCUT2D eigenvalue weighted by Gasteiger charge is 2.22. The van der Waals surface area contributed by atoms with Gasteiger partial charge in [-0.1, -0.05) is 18.2 Å². The number of ether oxygens (including phenoxy) is 1. The van der Waals surface area contributed by atoms with Crippen LogP contribution < -0.4 is 20.1 Å². The second kappa shape index (κ2) is 10.0. The lowest BCUT2D eigenvalue weighted by Crippen LogP contribution is -2.43. The topological polar surface area (TPSA) is 91.8 Å². The van der Waals surface area contributed by atoms with E-state index in [-0.39, 0.29) is 30.1 Å². The second-order valence-electron chi connectivity index (χ2n) is 5.45. The minimum absolute atomic E-state index is 0. The molecule has 1 aromatic carbocycles. The number of halogens is 1. The van der Waals surface area contributed by atoms with Crippen LogP contribution in [-0.4, -0.2) is 53.4 Å². The molecule has 7 nitrogen and oxygen atoms in total. The molecule has 9 heteroatoms. The largest absolute Gasteiger partial charge is 0.488 e. The maximum Gasteiger partial charge on any atom is 0.208 e. The Balaban J connectivity index is 0.00000288. The zero-order valence-electron chi connectivity index (χ0n) is 13.9. The smallest absolute Gasteiger partial charge is 0.208 e. The summed E-state index contributed by atoms with van der Waals surface area (Å²) in [7, 11) is -1.42. The van der Waals surface area contributed by atoms with E-state index < -0.39 is 10.0 Å². The van der Waals surface area contributed by atoms with Crippen molar-refractivity contribution in [1.82, 2.24) is 15.4 Å². The highest BCUT2D eigenvalue weighted by Crippen LogP contribution is 2.27. The van der Waals surface area contributed by atoms with Crippen LogP contribution in [0.2, 0.25) is 0 Å². The Morgan fingerprint density at radius 1 is 1.29 bits per heavy atom. The standard InChI is InChI=1S/C15H24N4O3S.HI/c1-16-15(17-8-5-9-19-23(2,20)21)18-11-13-10-12-6-3-4-7-14(12)22-13;/h3-4,6-7,13,19H,5,8-11H2,1-2H3,(H2,16,17,18);1H. The summed E-state index contributed by atoms with van der Waals surface area (Å²) in [4.78, 5) is 4.14. The lowest BCUT2D eigenvalue weighted by molar-refractivity contribution is 0.235. The van der Waals surface area contributed by atoms with Crippen LogP contribution in [0, 0.1) is 0 Å². The molecule has 0 saturated carbocycles. The molecule has 1 aliphatic heterocycles. The van der Waals surface area contributed by atoms with Crippen molar-refractivity contribution in [3.63, 3.8) is 0 Å². The number of guanidine groups is 1. The van der Waals surface area contributed by atoms with Gasteiger partial charge in [0.25, 0.3) is 0 Å². The Bertz CT molecular complexity index is 627. The van der Waals surface area contributed by atoms with Crippen molar-refractivity contribution in [2.24, 2.45) is 4.99 Å². The van der Waals surface area contributed by atoms with E-state index in [0.717, 1.165) is 18.4 Å². The van der Waals surface area contributed by atoms with Gasteiger partial charge < -0.3 is 15.4 Å². The van der Waals surface area contributed by atoms with Gasteiger partial charge in [-0.3, -0.25) is 4.99 Å². The van der Waals surface area contributed by atoms with Crippen molar-refractivity contribution in [3.8, 4) is 5.75 Å². The predicted molar refractivity (Wildman–Crippen MR) is 107 cm³/mol. The molecule has 136 valence electrons. The van der Waals surface area contributed by atoms with Gasteiger partial charge in [0, 0.05) is 26.6 Å². The molecule has 0 fully saturated rings. The van der Waals surface area contributed by atoms with Gasteiger partial charge >= 0.3 is 0 Å².